The molecule has 0 aromatic rings. The van der Waals surface area contributed by atoms with Crippen LogP contribution in [0.2, 0.25) is 0 Å². The lowest BCUT2D eigenvalue weighted by Gasteiger charge is -2.32. The quantitative estimate of drug-likeness (QED) is 0.767. The summed E-state index contributed by atoms with van der Waals surface area (Å²) in [6, 6.07) is 0. The molecule has 0 saturated carbocycles. The van der Waals surface area contributed by atoms with E-state index in [1.165, 1.54) is 4.31 Å². The second-order valence-corrected chi connectivity index (χ2v) is 9.31. The van der Waals surface area contributed by atoms with Crippen molar-refractivity contribution in [2.75, 3.05) is 31.9 Å². The summed E-state index contributed by atoms with van der Waals surface area (Å²) in [5, 5.41) is 9.27. The maximum Gasteiger partial charge on any atom is 0.311 e. The summed E-state index contributed by atoms with van der Waals surface area (Å²) in [5.74, 6) is -0.912. The van der Waals surface area contributed by atoms with Gasteiger partial charge in [-0.2, -0.15) is 0 Å². The minimum absolute atomic E-state index is 0.0226. The molecule has 0 bridgehead atoms. The third-order valence-corrected chi connectivity index (χ3v) is 7.21. The van der Waals surface area contributed by atoms with Gasteiger partial charge >= 0.3 is 5.97 Å². The zero-order valence-corrected chi connectivity index (χ0v) is 15.3. The molecule has 1 amide bonds. The first-order valence-corrected chi connectivity index (χ1v) is 10.3. The van der Waals surface area contributed by atoms with Crippen molar-refractivity contribution in [3.05, 3.63) is 0 Å². The fraction of sp³-hybridized carbons (Fsp3) is 0.875. The van der Waals surface area contributed by atoms with Crippen molar-refractivity contribution in [3.8, 4) is 0 Å². The van der Waals surface area contributed by atoms with Crippen molar-refractivity contribution in [3.63, 3.8) is 0 Å². The molecule has 8 heteroatoms. The van der Waals surface area contributed by atoms with Gasteiger partial charge in [-0.15, -0.1) is 0 Å². The Hall–Kier alpha value is -1.15. The first-order chi connectivity index (χ1) is 11.2. The molecule has 2 saturated heterocycles. The first-order valence-electron chi connectivity index (χ1n) is 8.69. The maximum atomic E-state index is 12.6. The fourth-order valence-corrected chi connectivity index (χ4v) is 5.10. The Labute approximate surface area is 144 Å². The second-order valence-electron chi connectivity index (χ2n) is 7.22. The third kappa shape index (κ3) is 4.08. The van der Waals surface area contributed by atoms with Gasteiger partial charge < -0.3 is 10.0 Å². The number of carbonyl (C=O) groups is 2. The van der Waals surface area contributed by atoms with Crippen molar-refractivity contribution in [2.45, 2.75) is 46.0 Å². The molecule has 138 valence electrons. The van der Waals surface area contributed by atoms with Gasteiger partial charge in [-0.25, -0.2) is 12.7 Å². The van der Waals surface area contributed by atoms with Crippen LogP contribution in [0.15, 0.2) is 0 Å². The summed E-state index contributed by atoms with van der Waals surface area (Å²) < 4.78 is 25.9. The van der Waals surface area contributed by atoms with Gasteiger partial charge in [0.1, 0.15) is 0 Å². The number of hydrogen-bond donors (Lipinski definition) is 1. The number of piperidine rings is 1. The minimum atomic E-state index is -3.21. The van der Waals surface area contributed by atoms with Gasteiger partial charge in [0.15, 0.2) is 0 Å². The Morgan fingerprint density at radius 2 is 1.83 bits per heavy atom. The van der Waals surface area contributed by atoms with Crippen LogP contribution in [0.3, 0.4) is 0 Å². The lowest BCUT2D eigenvalue weighted by Crippen LogP contribution is -2.45. The van der Waals surface area contributed by atoms with Crippen LogP contribution in [0, 0.1) is 11.3 Å². The topological polar surface area (TPSA) is 95.0 Å². The van der Waals surface area contributed by atoms with Crippen molar-refractivity contribution in [2.24, 2.45) is 11.3 Å². The largest absolute Gasteiger partial charge is 0.481 e. The van der Waals surface area contributed by atoms with E-state index in [0.717, 1.165) is 6.42 Å². The molecule has 2 fully saturated rings. The van der Waals surface area contributed by atoms with Gasteiger partial charge in [-0.3, -0.25) is 9.59 Å². The van der Waals surface area contributed by atoms with Gasteiger partial charge in [0, 0.05) is 32.1 Å². The molecule has 1 N–H and O–H groups in total. The number of sulfonamides is 1. The van der Waals surface area contributed by atoms with E-state index in [2.05, 4.69) is 0 Å². The van der Waals surface area contributed by atoms with E-state index in [9.17, 15) is 23.1 Å². The SMILES string of the molecule is CCCCS(=O)(=O)N1CCC(C(=O)N2CCC(C)(C(=O)O)C2)CC1. The minimum Gasteiger partial charge on any atom is -0.481 e. The van der Waals surface area contributed by atoms with Gasteiger partial charge in [0.2, 0.25) is 15.9 Å². The van der Waals surface area contributed by atoms with Crippen LogP contribution in [0.4, 0.5) is 0 Å². The number of nitrogens with zero attached hydrogens (tertiary/aromatic N) is 2. The number of carboxylic acid groups (broad SMARTS) is 1. The first kappa shape index (κ1) is 19.2. The van der Waals surface area contributed by atoms with Crippen LogP contribution in [-0.2, 0) is 19.6 Å². The predicted octanol–water partition coefficient (Wildman–Crippen LogP) is 1.15. The molecule has 0 aliphatic carbocycles. The molecule has 1 atom stereocenters. The number of carbonyl (C=O) groups excluding carboxylic acids is 1. The smallest absolute Gasteiger partial charge is 0.311 e. The average molecular weight is 360 g/mol. The second kappa shape index (κ2) is 7.39. The molecule has 1 unspecified atom stereocenters. The molecule has 2 aliphatic heterocycles. The molecule has 0 aromatic carbocycles. The fourth-order valence-electron chi connectivity index (χ4n) is 3.42. The van der Waals surface area contributed by atoms with Crippen molar-refractivity contribution in [1.82, 2.24) is 9.21 Å². The highest BCUT2D eigenvalue weighted by molar-refractivity contribution is 7.89. The highest BCUT2D eigenvalue weighted by atomic mass is 32.2. The number of hydrogen-bond acceptors (Lipinski definition) is 4. The summed E-state index contributed by atoms with van der Waals surface area (Å²) in [7, 11) is -3.21. The van der Waals surface area contributed by atoms with Gasteiger partial charge in [0.25, 0.3) is 0 Å². The zero-order chi connectivity index (χ0) is 18.0. The van der Waals surface area contributed by atoms with E-state index in [0.29, 0.717) is 45.3 Å². The molecule has 2 rings (SSSR count). The molecule has 2 heterocycles. The lowest BCUT2D eigenvalue weighted by molar-refractivity contribution is -0.147. The number of carboxylic acids is 1. The summed E-state index contributed by atoms with van der Waals surface area (Å²) in [6.45, 7) is 5.11. The van der Waals surface area contributed by atoms with E-state index in [1.54, 1.807) is 11.8 Å². The molecule has 24 heavy (non-hydrogen) atoms. The molecule has 0 spiro atoms. The van der Waals surface area contributed by atoms with Crippen LogP contribution in [0.25, 0.3) is 0 Å². The Morgan fingerprint density at radius 1 is 1.21 bits per heavy atom. The number of rotatable bonds is 6. The number of likely N-dealkylation sites (tertiary alicyclic amines) is 1. The Morgan fingerprint density at radius 3 is 2.33 bits per heavy atom. The van der Waals surface area contributed by atoms with E-state index in [1.807, 2.05) is 6.92 Å². The van der Waals surface area contributed by atoms with Gasteiger partial charge in [-0.1, -0.05) is 13.3 Å². The van der Waals surface area contributed by atoms with Crippen LogP contribution in [0.5, 0.6) is 0 Å². The Balaban J connectivity index is 1.89. The Kier molecular flexibility index (Phi) is 5.91. The summed E-state index contributed by atoms with van der Waals surface area (Å²) >= 11 is 0. The maximum absolute atomic E-state index is 12.6. The Bertz CT molecular complexity index is 583. The summed E-state index contributed by atoms with van der Waals surface area (Å²) in [5.41, 5.74) is -0.861. The molecule has 0 radical (unpaired) electrons. The van der Waals surface area contributed by atoms with Crippen LogP contribution in [-0.4, -0.2) is 66.5 Å². The predicted molar refractivity (Wildman–Crippen MR) is 89.9 cm³/mol. The molecule has 0 aromatic heterocycles. The third-order valence-electron chi connectivity index (χ3n) is 5.25. The van der Waals surface area contributed by atoms with Crippen LogP contribution >= 0.6 is 0 Å². The molecular weight excluding hydrogens is 332 g/mol. The van der Waals surface area contributed by atoms with Crippen molar-refractivity contribution >= 4 is 21.9 Å². The van der Waals surface area contributed by atoms with Crippen LogP contribution < -0.4 is 0 Å². The molecule has 7 nitrogen and oxygen atoms in total. The summed E-state index contributed by atoms with van der Waals surface area (Å²) in [4.78, 5) is 25.5. The average Bonchev–Trinajstić information content (AvgIpc) is 2.96. The van der Waals surface area contributed by atoms with E-state index < -0.39 is 21.4 Å². The van der Waals surface area contributed by atoms with Gasteiger partial charge in [-0.05, 0) is 32.6 Å². The monoisotopic (exact) mass is 360 g/mol. The lowest BCUT2D eigenvalue weighted by atomic mass is 9.90. The normalized spacial score (nSPS) is 26.7. The highest BCUT2D eigenvalue weighted by Crippen LogP contribution is 2.32. The van der Waals surface area contributed by atoms with E-state index in [-0.39, 0.29) is 24.1 Å². The standard InChI is InChI=1S/C16H28N2O5S/c1-3-4-11-24(22,23)18-8-5-13(6-9-18)14(19)17-10-7-16(2,12-17)15(20)21/h13H,3-12H2,1-2H3,(H,20,21). The molecule has 2 aliphatic rings. The highest BCUT2D eigenvalue weighted by Gasteiger charge is 2.44. The summed E-state index contributed by atoms with van der Waals surface area (Å²) in [6.07, 6.45) is 3.00. The zero-order valence-electron chi connectivity index (χ0n) is 14.5. The number of unbranched alkanes of at least 4 members (excludes halogenated alkanes) is 1. The van der Waals surface area contributed by atoms with Gasteiger partial charge in [0.05, 0.1) is 11.2 Å². The van der Waals surface area contributed by atoms with E-state index >= 15 is 0 Å². The molecular formula is C16H28N2O5S. The number of amides is 1. The number of aliphatic carboxylic acids is 1. The van der Waals surface area contributed by atoms with E-state index in [4.69, 9.17) is 0 Å². The van der Waals surface area contributed by atoms with Crippen LogP contribution in [0.1, 0.15) is 46.0 Å². The van der Waals surface area contributed by atoms with Crippen molar-refractivity contribution in [1.29, 1.82) is 0 Å². The van der Waals surface area contributed by atoms with Crippen molar-refractivity contribution < 1.29 is 23.1 Å².